The third kappa shape index (κ3) is 4.03. The van der Waals surface area contributed by atoms with E-state index in [0.717, 1.165) is 22.9 Å². The molecule has 0 aliphatic carbocycles. The molecular weight excluding hydrogens is 418 g/mol. The van der Waals surface area contributed by atoms with Crippen LogP contribution in [0.15, 0.2) is 102 Å². The first-order valence-electron chi connectivity index (χ1n) is 10.2. The molecule has 4 nitrogen and oxygen atoms in total. The van der Waals surface area contributed by atoms with Crippen molar-refractivity contribution in [2.75, 3.05) is 4.90 Å². The van der Waals surface area contributed by atoms with Gasteiger partial charge in [0.2, 0.25) is 0 Å². The zero-order chi connectivity index (χ0) is 21.9. The summed E-state index contributed by atoms with van der Waals surface area (Å²) in [6, 6.07) is 30.9. The van der Waals surface area contributed by atoms with Gasteiger partial charge >= 0.3 is 0 Å². The van der Waals surface area contributed by atoms with Crippen LogP contribution in [0.1, 0.15) is 11.1 Å². The van der Waals surface area contributed by atoms with E-state index in [4.69, 9.17) is 4.74 Å². The van der Waals surface area contributed by atoms with Crippen molar-refractivity contribution in [2.24, 2.45) is 0 Å². The lowest BCUT2D eigenvalue weighted by molar-refractivity contribution is -0.113. The van der Waals surface area contributed by atoms with Crippen LogP contribution >= 0.6 is 11.8 Å². The van der Waals surface area contributed by atoms with Gasteiger partial charge in [0, 0.05) is 0 Å². The summed E-state index contributed by atoms with van der Waals surface area (Å²) in [5.74, 6) is 0.391. The molecule has 1 aliphatic heterocycles. The topological polar surface area (TPSA) is 46.6 Å². The van der Waals surface area contributed by atoms with Gasteiger partial charge in [-0.3, -0.25) is 9.59 Å². The lowest BCUT2D eigenvalue weighted by Crippen LogP contribution is -2.27. The van der Waals surface area contributed by atoms with Crippen molar-refractivity contribution in [3.8, 4) is 5.75 Å². The van der Waals surface area contributed by atoms with Gasteiger partial charge in [-0.15, -0.1) is 0 Å². The molecule has 0 spiro atoms. The molecule has 1 heterocycles. The molecule has 156 valence electrons. The number of thioether (sulfide) groups is 1. The molecule has 4 aromatic rings. The Kier molecular flexibility index (Phi) is 5.48. The largest absolute Gasteiger partial charge is 0.489 e. The second-order valence-electron chi connectivity index (χ2n) is 7.35. The van der Waals surface area contributed by atoms with Gasteiger partial charge in [-0.1, -0.05) is 72.8 Å². The van der Waals surface area contributed by atoms with Crippen LogP contribution in [-0.4, -0.2) is 11.1 Å². The van der Waals surface area contributed by atoms with Crippen molar-refractivity contribution >= 4 is 45.4 Å². The summed E-state index contributed by atoms with van der Waals surface area (Å²) in [7, 11) is 0. The van der Waals surface area contributed by atoms with Crippen molar-refractivity contribution in [3.05, 3.63) is 113 Å². The molecule has 0 unspecified atom stereocenters. The number of carbonyl (C=O) groups excluding carboxylic acids is 2. The lowest BCUT2D eigenvalue weighted by Gasteiger charge is -2.11. The second kappa shape index (κ2) is 8.73. The molecule has 2 amide bonds. The smallest absolute Gasteiger partial charge is 0.298 e. The molecule has 0 bridgehead atoms. The number of hydrogen-bond acceptors (Lipinski definition) is 4. The SMILES string of the molecule is O=C1S/C(=C/c2cccc(OCc3cccc4ccccc34)c2)C(=O)N1c1ccccc1. The minimum atomic E-state index is -0.312. The van der Waals surface area contributed by atoms with Crippen molar-refractivity contribution in [3.63, 3.8) is 0 Å². The number of rotatable bonds is 5. The summed E-state index contributed by atoms with van der Waals surface area (Å²) in [5, 5.41) is 2.05. The number of amides is 2. The number of hydrogen-bond donors (Lipinski definition) is 0. The van der Waals surface area contributed by atoms with Gasteiger partial charge < -0.3 is 4.74 Å². The summed E-state index contributed by atoms with van der Waals surface area (Å²) in [6.45, 7) is 0.440. The average molecular weight is 438 g/mol. The maximum absolute atomic E-state index is 12.8. The van der Waals surface area contributed by atoms with Crippen LogP contribution in [0.2, 0.25) is 0 Å². The number of fused-ring (bicyclic) bond motifs is 1. The molecule has 0 N–H and O–H groups in total. The van der Waals surface area contributed by atoms with E-state index in [1.807, 2.05) is 48.5 Å². The minimum absolute atomic E-state index is 0.296. The lowest BCUT2D eigenvalue weighted by atomic mass is 10.1. The maximum Gasteiger partial charge on any atom is 0.298 e. The Labute approximate surface area is 190 Å². The fourth-order valence-corrected chi connectivity index (χ4v) is 4.53. The third-order valence-corrected chi connectivity index (χ3v) is 6.11. The molecule has 5 rings (SSSR count). The van der Waals surface area contributed by atoms with E-state index in [1.54, 1.807) is 30.3 Å². The number of nitrogens with zero attached hydrogens (tertiary/aromatic N) is 1. The van der Waals surface area contributed by atoms with Crippen molar-refractivity contribution in [2.45, 2.75) is 6.61 Å². The first-order valence-corrected chi connectivity index (χ1v) is 11.0. The van der Waals surface area contributed by atoms with Gasteiger partial charge in [-0.25, -0.2) is 4.90 Å². The van der Waals surface area contributed by atoms with Crippen LogP contribution in [0.5, 0.6) is 5.75 Å². The molecule has 1 saturated heterocycles. The molecule has 1 aliphatic rings. The third-order valence-electron chi connectivity index (χ3n) is 5.24. The number of benzene rings is 4. The Hall–Kier alpha value is -3.83. The van der Waals surface area contributed by atoms with Crippen LogP contribution in [0.4, 0.5) is 10.5 Å². The minimum Gasteiger partial charge on any atom is -0.489 e. The molecule has 0 atom stereocenters. The summed E-state index contributed by atoms with van der Waals surface area (Å²) >= 11 is 0.947. The summed E-state index contributed by atoms with van der Waals surface area (Å²) < 4.78 is 6.05. The van der Waals surface area contributed by atoms with Crippen LogP contribution in [0.25, 0.3) is 16.8 Å². The van der Waals surface area contributed by atoms with Crippen molar-refractivity contribution < 1.29 is 14.3 Å². The Balaban J connectivity index is 1.35. The Morgan fingerprint density at radius 2 is 1.56 bits per heavy atom. The zero-order valence-corrected chi connectivity index (χ0v) is 17.9. The number of para-hydroxylation sites is 1. The van der Waals surface area contributed by atoms with Gasteiger partial charge in [0.1, 0.15) is 12.4 Å². The van der Waals surface area contributed by atoms with Crippen LogP contribution in [0, 0.1) is 0 Å². The molecule has 0 radical (unpaired) electrons. The molecule has 0 aromatic heterocycles. The first kappa shape index (κ1) is 20.1. The van der Waals surface area contributed by atoms with E-state index in [-0.39, 0.29) is 11.1 Å². The number of carbonyl (C=O) groups is 2. The average Bonchev–Trinajstić information content (AvgIpc) is 3.11. The predicted octanol–water partition coefficient (Wildman–Crippen LogP) is 6.66. The Morgan fingerprint density at radius 3 is 2.44 bits per heavy atom. The fourth-order valence-electron chi connectivity index (χ4n) is 3.69. The van der Waals surface area contributed by atoms with Gasteiger partial charge in [-0.2, -0.15) is 0 Å². The van der Waals surface area contributed by atoms with Gasteiger partial charge in [-0.05, 0) is 64.0 Å². The van der Waals surface area contributed by atoms with Gasteiger partial charge in [0.15, 0.2) is 0 Å². The number of imide groups is 1. The Bertz CT molecular complexity index is 1340. The van der Waals surface area contributed by atoms with E-state index < -0.39 is 0 Å². The van der Waals surface area contributed by atoms with E-state index in [2.05, 4.69) is 24.3 Å². The van der Waals surface area contributed by atoms with Crippen molar-refractivity contribution in [1.29, 1.82) is 0 Å². The highest BCUT2D eigenvalue weighted by Gasteiger charge is 2.36. The summed E-state index contributed by atoms with van der Waals surface area (Å²) in [4.78, 5) is 26.8. The van der Waals surface area contributed by atoms with Gasteiger partial charge in [0.05, 0.1) is 10.6 Å². The normalized spacial score (nSPS) is 15.0. The predicted molar refractivity (Wildman–Crippen MR) is 130 cm³/mol. The number of ether oxygens (including phenoxy) is 1. The zero-order valence-electron chi connectivity index (χ0n) is 17.1. The highest BCUT2D eigenvalue weighted by atomic mass is 32.2. The second-order valence-corrected chi connectivity index (χ2v) is 8.35. The molecule has 32 heavy (non-hydrogen) atoms. The van der Waals surface area contributed by atoms with Crippen LogP contribution < -0.4 is 9.64 Å². The maximum atomic E-state index is 12.8. The summed E-state index contributed by atoms with van der Waals surface area (Å²) in [5.41, 5.74) is 2.49. The van der Waals surface area contributed by atoms with Crippen LogP contribution in [0.3, 0.4) is 0 Å². The van der Waals surface area contributed by atoms with Gasteiger partial charge in [0.25, 0.3) is 11.1 Å². The molecule has 0 saturated carbocycles. The first-order chi connectivity index (χ1) is 15.7. The van der Waals surface area contributed by atoms with Crippen LogP contribution in [-0.2, 0) is 11.4 Å². The summed E-state index contributed by atoms with van der Waals surface area (Å²) in [6.07, 6.45) is 1.73. The standard InChI is InChI=1S/C27H19NO3S/c29-26-25(32-27(30)28(26)22-12-2-1-3-13-22)17-19-8-6-14-23(16-19)31-18-21-11-7-10-20-9-4-5-15-24(20)21/h1-17H,18H2/b25-17+. The molecule has 4 aromatic carbocycles. The molecule has 5 heteroatoms. The molecular formula is C27H19NO3S. The van der Waals surface area contributed by atoms with E-state index in [0.29, 0.717) is 22.9 Å². The quantitative estimate of drug-likeness (QED) is 0.328. The fraction of sp³-hybridized carbons (Fsp3) is 0.0370. The van der Waals surface area contributed by atoms with E-state index >= 15 is 0 Å². The van der Waals surface area contributed by atoms with Crippen molar-refractivity contribution in [1.82, 2.24) is 0 Å². The van der Waals surface area contributed by atoms with E-state index in [1.165, 1.54) is 15.7 Å². The number of anilines is 1. The highest BCUT2D eigenvalue weighted by Crippen LogP contribution is 2.35. The monoisotopic (exact) mass is 437 g/mol. The Morgan fingerprint density at radius 1 is 0.812 bits per heavy atom. The highest BCUT2D eigenvalue weighted by molar-refractivity contribution is 8.19. The molecule has 1 fully saturated rings. The van der Waals surface area contributed by atoms with E-state index in [9.17, 15) is 9.59 Å².